The summed E-state index contributed by atoms with van der Waals surface area (Å²) in [6.45, 7) is 2.98. The Hall–Kier alpha value is -4.21. The third kappa shape index (κ3) is 4.21. The molecular weight excluding hydrogens is 424 g/mol. The summed E-state index contributed by atoms with van der Waals surface area (Å²) in [4.78, 5) is 21.5. The number of aldehydes is 1. The molecule has 3 heterocycles. The number of hydrogen-bond acceptors (Lipinski definition) is 6. The number of para-hydroxylation sites is 1. The molecule has 1 unspecified atom stereocenters. The summed E-state index contributed by atoms with van der Waals surface area (Å²) in [7, 11) is 0. The van der Waals surface area contributed by atoms with Crippen LogP contribution in [0.5, 0.6) is 0 Å². The van der Waals surface area contributed by atoms with Crippen LogP contribution in [0.4, 0.5) is 11.5 Å². The molecule has 6 nitrogen and oxygen atoms in total. The smallest absolute Gasteiger partial charge is 0.147 e. The minimum Gasteiger partial charge on any atom is -0.378 e. The van der Waals surface area contributed by atoms with Crippen molar-refractivity contribution in [3.63, 3.8) is 0 Å². The van der Waals surface area contributed by atoms with E-state index in [0.29, 0.717) is 18.8 Å². The molecular formula is C28H24N4O2. The van der Waals surface area contributed by atoms with Crippen LogP contribution in [0.25, 0.3) is 11.1 Å². The van der Waals surface area contributed by atoms with Gasteiger partial charge in [0.1, 0.15) is 18.1 Å². The number of hydrogen-bond donors (Lipinski definition) is 0. The summed E-state index contributed by atoms with van der Waals surface area (Å²) < 4.78 is 5.48. The quantitative estimate of drug-likeness (QED) is 0.542. The molecule has 2 aliphatic rings. The van der Waals surface area contributed by atoms with Gasteiger partial charge in [-0.15, -0.1) is 0 Å². The van der Waals surface area contributed by atoms with Gasteiger partial charge in [0.05, 0.1) is 30.5 Å². The predicted octanol–water partition coefficient (Wildman–Crippen LogP) is 4.30. The van der Waals surface area contributed by atoms with Crippen molar-refractivity contribution in [2.75, 3.05) is 36.1 Å². The minimum absolute atomic E-state index is 0.532. The molecule has 1 aromatic heterocycles. The first kappa shape index (κ1) is 21.6. The van der Waals surface area contributed by atoms with Gasteiger partial charge in [-0.3, -0.25) is 0 Å². The first-order valence-corrected chi connectivity index (χ1v) is 11.3. The number of anilines is 2. The zero-order valence-corrected chi connectivity index (χ0v) is 18.7. The molecule has 0 spiro atoms. The fourth-order valence-electron chi connectivity index (χ4n) is 4.41. The number of aromatic nitrogens is 1. The van der Waals surface area contributed by atoms with Crippen molar-refractivity contribution >= 4 is 28.9 Å². The topological polar surface area (TPSA) is 69.5 Å². The lowest BCUT2D eigenvalue weighted by Gasteiger charge is -2.33. The van der Waals surface area contributed by atoms with Crippen molar-refractivity contribution in [2.24, 2.45) is 0 Å². The van der Waals surface area contributed by atoms with Gasteiger partial charge in [-0.2, -0.15) is 5.26 Å². The lowest BCUT2D eigenvalue weighted by molar-refractivity contribution is -0.107. The van der Waals surface area contributed by atoms with Crippen LogP contribution in [-0.2, 0) is 9.53 Å². The molecule has 6 heteroatoms. The molecule has 0 aliphatic carbocycles. The van der Waals surface area contributed by atoms with Crippen LogP contribution in [0, 0.1) is 11.3 Å². The third-order valence-corrected chi connectivity index (χ3v) is 6.11. The van der Waals surface area contributed by atoms with E-state index in [0.717, 1.165) is 53.3 Å². The Labute approximate surface area is 199 Å². The average Bonchev–Trinajstić information content (AvgIpc) is 2.93. The molecule has 0 amide bonds. The van der Waals surface area contributed by atoms with Gasteiger partial charge in [0, 0.05) is 30.5 Å². The number of carbonyl (C=O) groups is 1. The second-order valence-electron chi connectivity index (χ2n) is 8.15. The van der Waals surface area contributed by atoms with E-state index >= 15 is 0 Å². The summed E-state index contributed by atoms with van der Waals surface area (Å²) in [5.74, 6) is 0.901. The minimum atomic E-state index is -0.567. The molecule has 0 bridgehead atoms. The number of rotatable bonds is 5. The average molecular weight is 449 g/mol. The Balaban J connectivity index is 1.64. The van der Waals surface area contributed by atoms with Gasteiger partial charge in [-0.1, -0.05) is 42.5 Å². The standard InChI is InChI=1S/C28H24N4O2/c29-18-21-7-4-5-10-24(21)25-17-22(19-32(27(25)20-33)23-8-2-1-3-9-23)26-11-6-12-28(30-26)31-13-15-34-16-14-31/h1-12,17,19-20,27H,13-16H2. The Morgan fingerprint density at radius 2 is 1.74 bits per heavy atom. The molecule has 1 saturated heterocycles. The van der Waals surface area contributed by atoms with E-state index < -0.39 is 6.04 Å². The maximum atomic E-state index is 12.4. The first-order valence-electron chi connectivity index (χ1n) is 11.3. The van der Waals surface area contributed by atoms with E-state index in [4.69, 9.17) is 9.72 Å². The summed E-state index contributed by atoms with van der Waals surface area (Å²) in [6.07, 6.45) is 4.89. The second kappa shape index (κ2) is 9.74. The number of nitriles is 1. The molecule has 1 atom stereocenters. The molecule has 0 saturated carbocycles. The number of nitrogens with zero attached hydrogens (tertiary/aromatic N) is 4. The SMILES string of the molecule is N#Cc1ccccc1C1=CC(c2cccc(N3CCOCC3)n2)=CN(c2ccccc2)C1C=O. The lowest BCUT2D eigenvalue weighted by Crippen LogP contribution is -2.37. The third-order valence-electron chi connectivity index (χ3n) is 6.11. The maximum Gasteiger partial charge on any atom is 0.147 e. The van der Waals surface area contributed by atoms with Crippen LogP contribution in [0.3, 0.4) is 0 Å². The fourth-order valence-corrected chi connectivity index (χ4v) is 4.41. The van der Waals surface area contributed by atoms with E-state index in [9.17, 15) is 10.1 Å². The van der Waals surface area contributed by atoms with E-state index in [1.165, 1.54) is 0 Å². The van der Waals surface area contributed by atoms with Crippen molar-refractivity contribution in [3.05, 3.63) is 102 Å². The number of carbonyl (C=O) groups excluding carboxylic acids is 1. The van der Waals surface area contributed by atoms with Crippen molar-refractivity contribution < 1.29 is 9.53 Å². The van der Waals surface area contributed by atoms with Gasteiger partial charge >= 0.3 is 0 Å². The summed E-state index contributed by atoms with van der Waals surface area (Å²) in [5, 5.41) is 9.73. The van der Waals surface area contributed by atoms with Crippen LogP contribution >= 0.6 is 0 Å². The largest absolute Gasteiger partial charge is 0.378 e. The zero-order valence-electron chi connectivity index (χ0n) is 18.7. The highest BCUT2D eigenvalue weighted by Gasteiger charge is 2.29. The number of allylic oxidation sites excluding steroid dienone is 2. The highest BCUT2D eigenvalue weighted by Crippen LogP contribution is 2.36. The highest BCUT2D eigenvalue weighted by molar-refractivity contribution is 5.99. The Bertz CT molecular complexity index is 1290. The monoisotopic (exact) mass is 448 g/mol. The van der Waals surface area contributed by atoms with E-state index in [-0.39, 0.29) is 0 Å². The van der Waals surface area contributed by atoms with E-state index in [1.54, 1.807) is 6.07 Å². The van der Waals surface area contributed by atoms with Crippen LogP contribution in [0.15, 0.2) is 85.1 Å². The van der Waals surface area contributed by atoms with Crippen molar-refractivity contribution in [1.29, 1.82) is 5.26 Å². The van der Waals surface area contributed by atoms with E-state index in [2.05, 4.69) is 11.0 Å². The van der Waals surface area contributed by atoms with Crippen molar-refractivity contribution in [1.82, 2.24) is 4.98 Å². The molecule has 5 rings (SSSR count). The Morgan fingerprint density at radius 1 is 0.971 bits per heavy atom. The molecule has 34 heavy (non-hydrogen) atoms. The van der Waals surface area contributed by atoms with Crippen molar-refractivity contribution in [3.8, 4) is 6.07 Å². The van der Waals surface area contributed by atoms with Gasteiger partial charge in [0.15, 0.2) is 0 Å². The van der Waals surface area contributed by atoms with Crippen LogP contribution in [0.2, 0.25) is 0 Å². The molecule has 2 aromatic carbocycles. The number of ether oxygens (including phenoxy) is 1. The van der Waals surface area contributed by atoms with Gasteiger partial charge in [0.25, 0.3) is 0 Å². The fraction of sp³-hybridized carbons (Fsp3) is 0.179. The Kier molecular flexibility index (Phi) is 6.19. The summed E-state index contributed by atoms with van der Waals surface area (Å²) in [6, 6.07) is 24.9. The van der Waals surface area contributed by atoms with Gasteiger partial charge in [0.2, 0.25) is 0 Å². The Morgan fingerprint density at radius 3 is 2.50 bits per heavy atom. The molecule has 3 aromatic rings. The number of benzene rings is 2. The first-order chi connectivity index (χ1) is 16.8. The normalized spacial score (nSPS) is 18.0. The second-order valence-corrected chi connectivity index (χ2v) is 8.15. The highest BCUT2D eigenvalue weighted by atomic mass is 16.5. The number of pyridine rings is 1. The molecule has 2 aliphatic heterocycles. The van der Waals surface area contributed by atoms with Crippen LogP contribution < -0.4 is 9.80 Å². The summed E-state index contributed by atoms with van der Waals surface area (Å²) >= 11 is 0. The van der Waals surface area contributed by atoms with Gasteiger partial charge in [-0.05, 0) is 47.5 Å². The molecule has 1 fully saturated rings. The summed E-state index contributed by atoms with van der Waals surface area (Å²) in [5.41, 5.74) is 4.62. The van der Waals surface area contributed by atoms with E-state index in [1.807, 2.05) is 83.9 Å². The van der Waals surface area contributed by atoms with Crippen molar-refractivity contribution in [2.45, 2.75) is 6.04 Å². The van der Waals surface area contributed by atoms with Gasteiger partial charge in [-0.25, -0.2) is 4.98 Å². The maximum absolute atomic E-state index is 12.4. The van der Waals surface area contributed by atoms with Crippen LogP contribution in [-0.4, -0.2) is 43.6 Å². The molecule has 0 radical (unpaired) electrons. The van der Waals surface area contributed by atoms with Gasteiger partial charge < -0.3 is 19.3 Å². The lowest BCUT2D eigenvalue weighted by atomic mass is 9.89. The zero-order chi connectivity index (χ0) is 23.3. The van der Waals surface area contributed by atoms with Crippen LogP contribution in [0.1, 0.15) is 16.8 Å². The molecule has 168 valence electrons. The molecule has 0 N–H and O–H groups in total. The predicted molar refractivity (Wildman–Crippen MR) is 133 cm³/mol. The number of morpholine rings is 1.